The molecule has 29 heavy (non-hydrogen) atoms. The molecule has 2 heteroatoms. The summed E-state index contributed by atoms with van der Waals surface area (Å²) in [7, 11) is 0. The molecule has 0 aliphatic heterocycles. The van der Waals surface area contributed by atoms with Gasteiger partial charge in [-0.3, -0.25) is 0 Å². The van der Waals surface area contributed by atoms with E-state index in [1.807, 2.05) is 0 Å². The van der Waals surface area contributed by atoms with Crippen LogP contribution in [-0.4, -0.2) is 22.4 Å². The fourth-order valence-corrected chi connectivity index (χ4v) is 8.81. The summed E-state index contributed by atoms with van der Waals surface area (Å²) in [4.78, 5) is 0. The predicted octanol–water partition coefficient (Wildman–Crippen LogP) is 6.36. The zero-order valence-electron chi connectivity index (χ0n) is 19.7. The Morgan fingerprint density at radius 2 is 1.62 bits per heavy atom. The lowest BCUT2D eigenvalue weighted by Gasteiger charge is -2.62. The lowest BCUT2D eigenvalue weighted by atomic mass is 9.44. The maximum Gasteiger partial charge on any atom is 0.0577 e. The fraction of sp³-hybridized carbons (Fsp3) is 0.926. The van der Waals surface area contributed by atoms with Gasteiger partial charge in [0.25, 0.3) is 0 Å². The van der Waals surface area contributed by atoms with E-state index in [0.717, 1.165) is 49.4 Å². The van der Waals surface area contributed by atoms with Crippen LogP contribution in [-0.2, 0) is 0 Å². The molecule has 4 fully saturated rings. The molecule has 0 spiro atoms. The van der Waals surface area contributed by atoms with Crippen LogP contribution in [0, 0.1) is 46.3 Å². The highest BCUT2D eigenvalue weighted by Crippen LogP contribution is 2.68. The zero-order chi connectivity index (χ0) is 21.0. The van der Waals surface area contributed by atoms with Crippen LogP contribution in [0.15, 0.2) is 11.6 Å². The fourth-order valence-electron chi connectivity index (χ4n) is 8.81. The number of fused-ring (bicyclic) bond motifs is 5. The van der Waals surface area contributed by atoms with E-state index in [9.17, 15) is 10.2 Å². The summed E-state index contributed by atoms with van der Waals surface area (Å²) in [6.45, 7) is 12.1. The number of aliphatic hydroxyl groups is 2. The Bertz CT molecular complexity index is 624. The summed E-state index contributed by atoms with van der Waals surface area (Å²) >= 11 is 0. The van der Waals surface area contributed by atoms with Gasteiger partial charge in [-0.05, 0) is 117 Å². The molecule has 4 aliphatic carbocycles. The highest BCUT2D eigenvalue weighted by molar-refractivity contribution is 5.17. The normalized spacial score (nSPS) is 50.2. The van der Waals surface area contributed by atoms with Crippen molar-refractivity contribution in [1.29, 1.82) is 0 Å². The van der Waals surface area contributed by atoms with Gasteiger partial charge in [0, 0.05) is 0 Å². The monoisotopic (exact) mass is 402 g/mol. The number of aliphatic hydroxyl groups excluding tert-OH is 2. The van der Waals surface area contributed by atoms with Gasteiger partial charge >= 0.3 is 0 Å². The minimum absolute atomic E-state index is 0.192. The van der Waals surface area contributed by atoms with Crippen molar-refractivity contribution in [3.63, 3.8) is 0 Å². The molecule has 4 saturated carbocycles. The van der Waals surface area contributed by atoms with E-state index in [-0.39, 0.29) is 17.6 Å². The van der Waals surface area contributed by atoms with Gasteiger partial charge in [-0.2, -0.15) is 0 Å². The Hall–Kier alpha value is -0.340. The zero-order valence-corrected chi connectivity index (χ0v) is 19.7. The Kier molecular flexibility index (Phi) is 6.01. The first-order valence-corrected chi connectivity index (χ1v) is 12.7. The molecule has 4 rings (SSSR count). The van der Waals surface area contributed by atoms with Gasteiger partial charge in [0.15, 0.2) is 0 Å². The van der Waals surface area contributed by atoms with E-state index in [1.165, 1.54) is 38.5 Å². The van der Waals surface area contributed by atoms with Gasteiger partial charge in [-0.15, -0.1) is 0 Å². The summed E-state index contributed by atoms with van der Waals surface area (Å²) in [6.07, 6.45) is 13.9. The smallest absolute Gasteiger partial charge is 0.0577 e. The van der Waals surface area contributed by atoms with Crippen molar-refractivity contribution in [3.8, 4) is 0 Å². The third-order valence-electron chi connectivity index (χ3n) is 10.4. The van der Waals surface area contributed by atoms with E-state index in [2.05, 4.69) is 40.7 Å². The second-order valence-corrected chi connectivity index (χ2v) is 12.3. The summed E-state index contributed by atoms with van der Waals surface area (Å²) in [5.74, 6) is 4.06. The summed E-state index contributed by atoms with van der Waals surface area (Å²) in [6, 6.07) is 0. The van der Waals surface area contributed by atoms with Gasteiger partial charge in [0.05, 0.1) is 12.2 Å². The molecule has 0 amide bonds. The molecule has 0 radical (unpaired) electrons. The van der Waals surface area contributed by atoms with Crippen molar-refractivity contribution in [3.05, 3.63) is 11.6 Å². The Labute approximate surface area is 179 Å². The average molecular weight is 403 g/mol. The predicted molar refractivity (Wildman–Crippen MR) is 120 cm³/mol. The number of hydrogen-bond acceptors (Lipinski definition) is 2. The molecule has 0 aromatic rings. The lowest BCUT2D eigenvalue weighted by molar-refractivity contribution is -0.169. The molecule has 166 valence electrons. The second-order valence-electron chi connectivity index (χ2n) is 12.3. The Morgan fingerprint density at radius 3 is 2.34 bits per heavy atom. The quantitative estimate of drug-likeness (QED) is 0.537. The number of hydrogen-bond donors (Lipinski definition) is 2. The largest absolute Gasteiger partial charge is 0.393 e. The van der Waals surface area contributed by atoms with Crippen molar-refractivity contribution in [2.75, 3.05) is 0 Å². The van der Waals surface area contributed by atoms with Gasteiger partial charge in [0.2, 0.25) is 0 Å². The molecule has 0 bridgehead atoms. The van der Waals surface area contributed by atoms with Crippen LogP contribution in [0.4, 0.5) is 0 Å². The molecule has 0 saturated heterocycles. The van der Waals surface area contributed by atoms with E-state index < -0.39 is 0 Å². The van der Waals surface area contributed by atoms with Crippen molar-refractivity contribution in [2.24, 2.45) is 46.3 Å². The maximum absolute atomic E-state index is 11.2. The van der Waals surface area contributed by atoms with Crippen LogP contribution < -0.4 is 0 Å². The molecule has 0 aromatic carbocycles. The third-order valence-corrected chi connectivity index (χ3v) is 10.4. The minimum Gasteiger partial charge on any atom is -0.393 e. The second kappa shape index (κ2) is 7.97. The summed E-state index contributed by atoms with van der Waals surface area (Å²) < 4.78 is 0. The van der Waals surface area contributed by atoms with Crippen molar-refractivity contribution >= 4 is 0 Å². The molecule has 2 nitrogen and oxygen atoms in total. The van der Waals surface area contributed by atoms with Crippen molar-refractivity contribution in [1.82, 2.24) is 0 Å². The maximum atomic E-state index is 11.2. The van der Waals surface area contributed by atoms with E-state index >= 15 is 0 Å². The minimum atomic E-state index is -0.208. The highest BCUT2D eigenvalue weighted by atomic mass is 16.3. The van der Waals surface area contributed by atoms with E-state index in [0.29, 0.717) is 17.3 Å². The Morgan fingerprint density at radius 1 is 0.931 bits per heavy atom. The molecular weight excluding hydrogens is 356 g/mol. The first-order valence-electron chi connectivity index (χ1n) is 12.7. The molecule has 2 N–H and O–H groups in total. The third kappa shape index (κ3) is 3.65. The number of allylic oxidation sites excluding steroid dienone is 2. The van der Waals surface area contributed by atoms with Crippen LogP contribution in [0.3, 0.4) is 0 Å². The van der Waals surface area contributed by atoms with E-state index in [1.54, 1.807) is 5.57 Å². The first kappa shape index (κ1) is 21.9. The molecule has 0 heterocycles. The van der Waals surface area contributed by atoms with Gasteiger partial charge in [-0.1, -0.05) is 39.3 Å². The van der Waals surface area contributed by atoms with Crippen LogP contribution in [0.2, 0.25) is 0 Å². The van der Waals surface area contributed by atoms with Gasteiger partial charge in [0.1, 0.15) is 0 Å². The van der Waals surface area contributed by atoms with Crippen LogP contribution in [0.5, 0.6) is 0 Å². The SMILES string of the molecule is C/C(=C\CCC(C)C)[C@H]1CC[C@H]2[C@@H]3CC(O)C4CC(O)CC[C@]4(C)[C@H]3CC[C@]12C. The number of rotatable bonds is 4. The standard InChI is InChI=1S/C27H46O2/c1-17(2)7-6-8-18(3)21-9-10-22-20-16-25(29)24-15-19(28)11-13-27(24,5)23(20)12-14-26(21,22)4/h8,17,19-25,28-29H,6-7,9-16H2,1-5H3/b18-8+/t19?,20-,21+,22-,23-,24?,25?,26+,27+/m0/s1. The first-order chi connectivity index (χ1) is 13.7. The Balaban J connectivity index is 1.54. The molecule has 9 atom stereocenters. The van der Waals surface area contributed by atoms with Crippen LogP contribution in [0.25, 0.3) is 0 Å². The van der Waals surface area contributed by atoms with Crippen molar-refractivity contribution < 1.29 is 10.2 Å². The highest BCUT2D eigenvalue weighted by Gasteiger charge is 2.62. The average Bonchev–Trinajstić information content (AvgIpc) is 3.00. The lowest BCUT2D eigenvalue weighted by Crippen LogP contribution is -2.58. The van der Waals surface area contributed by atoms with E-state index in [4.69, 9.17) is 0 Å². The van der Waals surface area contributed by atoms with Crippen molar-refractivity contribution in [2.45, 2.75) is 111 Å². The van der Waals surface area contributed by atoms with Crippen LogP contribution >= 0.6 is 0 Å². The van der Waals surface area contributed by atoms with Gasteiger partial charge < -0.3 is 10.2 Å². The topological polar surface area (TPSA) is 40.5 Å². The summed E-state index contributed by atoms with van der Waals surface area (Å²) in [5, 5.41) is 21.4. The summed E-state index contributed by atoms with van der Waals surface area (Å²) in [5.41, 5.74) is 2.31. The van der Waals surface area contributed by atoms with Crippen LogP contribution in [0.1, 0.15) is 98.8 Å². The van der Waals surface area contributed by atoms with Gasteiger partial charge in [-0.25, -0.2) is 0 Å². The molecule has 4 aliphatic rings. The molecule has 0 aromatic heterocycles. The molecular formula is C27H46O2. The molecule has 3 unspecified atom stereocenters.